The van der Waals surface area contributed by atoms with Gasteiger partial charge in [0.05, 0.1) is 6.04 Å². The van der Waals surface area contributed by atoms with Crippen molar-refractivity contribution in [2.45, 2.75) is 26.4 Å². The molecule has 5 heteroatoms. The summed E-state index contributed by atoms with van der Waals surface area (Å²) < 4.78 is 10.9. The third-order valence-corrected chi connectivity index (χ3v) is 3.08. The highest BCUT2D eigenvalue weighted by Crippen LogP contribution is 2.17. The summed E-state index contributed by atoms with van der Waals surface area (Å²) in [4.78, 5) is 10.7. The summed E-state index contributed by atoms with van der Waals surface area (Å²) in [5.74, 6) is 1.96. The first-order chi connectivity index (χ1) is 10.0. The van der Waals surface area contributed by atoms with E-state index in [0.717, 1.165) is 17.1 Å². The Hall–Kier alpha value is -2.27. The predicted octanol–water partition coefficient (Wildman–Crippen LogP) is 2.30. The van der Waals surface area contributed by atoms with Crippen LogP contribution in [0.4, 0.5) is 0 Å². The molecule has 1 heterocycles. The molecule has 0 saturated heterocycles. The number of carbonyl (C=O) groups is 1. The van der Waals surface area contributed by atoms with Crippen molar-refractivity contribution in [1.29, 1.82) is 0 Å². The van der Waals surface area contributed by atoms with Gasteiger partial charge in [0.2, 0.25) is 0 Å². The van der Waals surface area contributed by atoms with E-state index in [4.69, 9.17) is 14.9 Å². The van der Waals surface area contributed by atoms with Crippen molar-refractivity contribution in [1.82, 2.24) is 5.32 Å². The van der Waals surface area contributed by atoms with Gasteiger partial charge in [-0.1, -0.05) is 12.1 Å². The van der Waals surface area contributed by atoms with Gasteiger partial charge in [-0.15, -0.1) is 0 Å². The number of nitrogens with one attached hydrogen (secondary N) is 1. The van der Waals surface area contributed by atoms with Gasteiger partial charge < -0.3 is 20.2 Å². The van der Waals surface area contributed by atoms with Crippen molar-refractivity contribution < 1.29 is 13.9 Å². The second kappa shape index (κ2) is 6.95. The van der Waals surface area contributed by atoms with Gasteiger partial charge in [-0.2, -0.15) is 0 Å². The molecule has 2 aromatic rings. The molecular formula is C16H20N2O3. The van der Waals surface area contributed by atoms with Gasteiger partial charge in [0.25, 0.3) is 5.91 Å². The summed E-state index contributed by atoms with van der Waals surface area (Å²) >= 11 is 0. The average Bonchev–Trinajstić information content (AvgIpc) is 2.90. The molecule has 0 bridgehead atoms. The van der Waals surface area contributed by atoms with Crippen molar-refractivity contribution in [3.05, 3.63) is 53.5 Å². The summed E-state index contributed by atoms with van der Waals surface area (Å²) in [6.45, 7) is 4.54. The van der Waals surface area contributed by atoms with Crippen LogP contribution in [0.15, 0.2) is 40.8 Å². The Kier molecular flexibility index (Phi) is 5.00. The van der Waals surface area contributed by atoms with Crippen LogP contribution in [0.2, 0.25) is 0 Å². The number of aryl methyl sites for hydroxylation is 1. The lowest BCUT2D eigenvalue weighted by Gasteiger charge is -2.12. The van der Waals surface area contributed by atoms with Gasteiger partial charge in [0.15, 0.2) is 6.61 Å². The smallest absolute Gasteiger partial charge is 0.255 e. The number of primary amides is 1. The van der Waals surface area contributed by atoms with Crippen LogP contribution in [0, 0.1) is 6.92 Å². The number of rotatable bonds is 7. The SMILES string of the molecule is Cc1ccc([C@H](C)NCc2cccc(OCC(N)=O)c2)o1. The molecule has 2 rings (SSSR count). The summed E-state index contributed by atoms with van der Waals surface area (Å²) in [6, 6.07) is 11.6. The molecule has 21 heavy (non-hydrogen) atoms. The summed E-state index contributed by atoms with van der Waals surface area (Å²) in [6.07, 6.45) is 0. The zero-order chi connectivity index (χ0) is 15.2. The second-order valence-electron chi connectivity index (χ2n) is 4.95. The molecule has 1 aromatic heterocycles. The maximum atomic E-state index is 10.7. The Morgan fingerprint density at radius 3 is 2.86 bits per heavy atom. The molecular weight excluding hydrogens is 268 g/mol. The number of carbonyl (C=O) groups excluding carboxylic acids is 1. The van der Waals surface area contributed by atoms with Gasteiger partial charge in [0.1, 0.15) is 17.3 Å². The topological polar surface area (TPSA) is 77.5 Å². The van der Waals surface area contributed by atoms with Crippen LogP contribution in [0.3, 0.4) is 0 Å². The van der Waals surface area contributed by atoms with Crippen LogP contribution in [0.25, 0.3) is 0 Å². The molecule has 1 atom stereocenters. The molecule has 0 aliphatic rings. The number of nitrogens with two attached hydrogens (primary N) is 1. The van der Waals surface area contributed by atoms with E-state index in [0.29, 0.717) is 12.3 Å². The van der Waals surface area contributed by atoms with E-state index in [1.165, 1.54) is 0 Å². The number of amides is 1. The van der Waals surface area contributed by atoms with Gasteiger partial charge in [-0.05, 0) is 43.7 Å². The maximum absolute atomic E-state index is 10.7. The lowest BCUT2D eigenvalue weighted by Crippen LogP contribution is -2.20. The van der Waals surface area contributed by atoms with Crippen molar-refractivity contribution in [2.24, 2.45) is 5.73 Å². The first-order valence-corrected chi connectivity index (χ1v) is 6.84. The molecule has 1 aromatic carbocycles. The van der Waals surface area contributed by atoms with E-state index in [2.05, 4.69) is 5.32 Å². The van der Waals surface area contributed by atoms with Crippen LogP contribution < -0.4 is 15.8 Å². The number of furan rings is 1. The highest BCUT2D eigenvalue weighted by molar-refractivity contribution is 5.75. The molecule has 0 unspecified atom stereocenters. The molecule has 0 saturated carbocycles. The highest BCUT2D eigenvalue weighted by Gasteiger charge is 2.09. The minimum absolute atomic E-state index is 0.112. The van der Waals surface area contributed by atoms with E-state index in [1.807, 2.05) is 44.2 Å². The summed E-state index contributed by atoms with van der Waals surface area (Å²) in [5.41, 5.74) is 6.12. The van der Waals surface area contributed by atoms with Crippen molar-refractivity contribution in [2.75, 3.05) is 6.61 Å². The van der Waals surface area contributed by atoms with Crippen LogP contribution in [-0.2, 0) is 11.3 Å². The Labute approximate surface area is 124 Å². The Morgan fingerprint density at radius 1 is 1.38 bits per heavy atom. The Morgan fingerprint density at radius 2 is 2.19 bits per heavy atom. The van der Waals surface area contributed by atoms with Gasteiger partial charge >= 0.3 is 0 Å². The van der Waals surface area contributed by atoms with Crippen LogP contribution in [0.5, 0.6) is 5.75 Å². The lowest BCUT2D eigenvalue weighted by atomic mass is 10.2. The van der Waals surface area contributed by atoms with Crippen molar-refractivity contribution in [3.63, 3.8) is 0 Å². The van der Waals surface area contributed by atoms with Gasteiger partial charge in [-0.3, -0.25) is 4.79 Å². The van der Waals surface area contributed by atoms with E-state index in [-0.39, 0.29) is 12.6 Å². The monoisotopic (exact) mass is 288 g/mol. The van der Waals surface area contributed by atoms with Crippen LogP contribution in [-0.4, -0.2) is 12.5 Å². The fraction of sp³-hybridized carbons (Fsp3) is 0.312. The molecule has 1 amide bonds. The number of hydrogen-bond acceptors (Lipinski definition) is 4. The molecule has 3 N–H and O–H groups in total. The van der Waals surface area contributed by atoms with Crippen molar-refractivity contribution in [3.8, 4) is 5.75 Å². The van der Waals surface area contributed by atoms with E-state index in [1.54, 1.807) is 6.07 Å². The maximum Gasteiger partial charge on any atom is 0.255 e. The van der Waals surface area contributed by atoms with Crippen molar-refractivity contribution >= 4 is 5.91 Å². The molecule has 0 spiro atoms. The molecule has 5 nitrogen and oxygen atoms in total. The Bertz CT molecular complexity index is 607. The minimum Gasteiger partial charge on any atom is -0.484 e. The fourth-order valence-corrected chi connectivity index (χ4v) is 1.96. The number of ether oxygens (including phenoxy) is 1. The molecule has 0 fully saturated rings. The van der Waals surface area contributed by atoms with E-state index >= 15 is 0 Å². The first-order valence-electron chi connectivity index (χ1n) is 6.84. The van der Waals surface area contributed by atoms with Gasteiger partial charge in [0, 0.05) is 6.54 Å². The number of benzene rings is 1. The third kappa shape index (κ3) is 4.65. The average molecular weight is 288 g/mol. The third-order valence-electron chi connectivity index (χ3n) is 3.08. The predicted molar refractivity (Wildman–Crippen MR) is 79.8 cm³/mol. The molecule has 0 aliphatic heterocycles. The van der Waals surface area contributed by atoms with Crippen LogP contribution >= 0.6 is 0 Å². The minimum atomic E-state index is -0.486. The summed E-state index contributed by atoms with van der Waals surface area (Å²) in [5, 5.41) is 3.38. The van der Waals surface area contributed by atoms with Gasteiger partial charge in [-0.25, -0.2) is 0 Å². The standard InChI is InChI=1S/C16H20N2O3/c1-11-6-7-15(21-11)12(2)18-9-13-4-3-5-14(8-13)20-10-16(17)19/h3-8,12,18H,9-10H2,1-2H3,(H2,17,19)/t12-/m0/s1. The lowest BCUT2D eigenvalue weighted by molar-refractivity contribution is -0.119. The van der Waals surface area contributed by atoms with E-state index in [9.17, 15) is 4.79 Å². The zero-order valence-corrected chi connectivity index (χ0v) is 12.3. The normalized spacial score (nSPS) is 12.1. The Balaban J connectivity index is 1.90. The molecule has 0 radical (unpaired) electrons. The quantitative estimate of drug-likeness (QED) is 0.819. The highest BCUT2D eigenvalue weighted by atomic mass is 16.5. The van der Waals surface area contributed by atoms with Crippen LogP contribution in [0.1, 0.15) is 30.0 Å². The zero-order valence-electron chi connectivity index (χ0n) is 12.3. The summed E-state index contributed by atoms with van der Waals surface area (Å²) in [7, 11) is 0. The first kappa shape index (κ1) is 15.1. The second-order valence-corrected chi connectivity index (χ2v) is 4.95. The largest absolute Gasteiger partial charge is 0.484 e. The fourth-order valence-electron chi connectivity index (χ4n) is 1.96. The molecule has 0 aliphatic carbocycles. The van der Waals surface area contributed by atoms with E-state index < -0.39 is 5.91 Å². The number of hydrogen-bond donors (Lipinski definition) is 2. The molecule has 112 valence electrons.